The molecular formula is C19H30N6O. The summed E-state index contributed by atoms with van der Waals surface area (Å²) in [6.07, 6.45) is 1.91. The number of nitrogens with one attached hydrogen (secondary N) is 2. The molecule has 0 bridgehead atoms. The maximum absolute atomic E-state index is 5.69. The predicted molar refractivity (Wildman–Crippen MR) is 104 cm³/mol. The standard InChI is InChI=1S/C19H30N6O/c1-5-12-26-17-9-7-8-16(13-17)10-11-21-19(20-6-2)22-14-18-24-23-15(3)25(18)4/h7-9,13H,5-6,10-12,14H2,1-4H3,(H2,20,21,22). The second-order valence-electron chi connectivity index (χ2n) is 6.09. The van der Waals surface area contributed by atoms with Gasteiger partial charge in [0.15, 0.2) is 11.8 Å². The summed E-state index contributed by atoms with van der Waals surface area (Å²) in [5.41, 5.74) is 1.24. The number of nitrogens with zero attached hydrogens (tertiary/aromatic N) is 4. The van der Waals surface area contributed by atoms with E-state index in [9.17, 15) is 0 Å². The van der Waals surface area contributed by atoms with Crippen molar-refractivity contribution in [2.45, 2.75) is 40.2 Å². The molecule has 2 rings (SSSR count). The monoisotopic (exact) mass is 358 g/mol. The molecule has 142 valence electrons. The number of hydrogen-bond donors (Lipinski definition) is 2. The second kappa shape index (κ2) is 10.4. The van der Waals surface area contributed by atoms with Gasteiger partial charge in [0.05, 0.1) is 6.61 Å². The largest absolute Gasteiger partial charge is 0.494 e. The minimum absolute atomic E-state index is 0.493. The molecule has 0 aliphatic carbocycles. The molecule has 7 nitrogen and oxygen atoms in total. The average molecular weight is 358 g/mol. The van der Waals surface area contributed by atoms with Crippen LogP contribution < -0.4 is 15.4 Å². The van der Waals surface area contributed by atoms with Gasteiger partial charge in [-0.05, 0) is 44.4 Å². The zero-order valence-electron chi connectivity index (χ0n) is 16.2. The molecule has 0 saturated heterocycles. The molecule has 0 radical (unpaired) electrons. The third kappa shape index (κ3) is 6.06. The summed E-state index contributed by atoms with van der Waals surface area (Å²) in [4.78, 5) is 4.59. The van der Waals surface area contributed by atoms with Crippen LogP contribution in [-0.4, -0.2) is 40.4 Å². The molecule has 0 aliphatic heterocycles. The highest BCUT2D eigenvalue weighted by molar-refractivity contribution is 5.79. The van der Waals surface area contributed by atoms with E-state index in [4.69, 9.17) is 4.74 Å². The van der Waals surface area contributed by atoms with Crippen LogP contribution in [0.15, 0.2) is 29.3 Å². The number of aliphatic imine (C=N–C) groups is 1. The van der Waals surface area contributed by atoms with Crippen LogP contribution >= 0.6 is 0 Å². The molecule has 26 heavy (non-hydrogen) atoms. The quantitative estimate of drug-likeness (QED) is 0.531. The van der Waals surface area contributed by atoms with Crippen molar-refractivity contribution in [3.8, 4) is 5.75 Å². The lowest BCUT2D eigenvalue weighted by Gasteiger charge is -2.12. The van der Waals surface area contributed by atoms with Crippen molar-refractivity contribution in [3.05, 3.63) is 41.5 Å². The third-order valence-electron chi connectivity index (χ3n) is 3.98. The van der Waals surface area contributed by atoms with Gasteiger partial charge in [0.2, 0.25) is 0 Å². The second-order valence-corrected chi connectivity index (χ2v) is 6.09. The van der Waals surface area contributed by atoms with Crippen molar-refractivity contribution in [2.24, 2.45) is 12.0 Å². The molecule has 7 heteroatoms. The summed E-state index contributed by atoms with van der Waals surface area (Å²) in [6, 6.07) is 8.26. The number of rotatable bonds is 9. The van der Waals surface area contributed by atoms with Crippen LogP contribution in [0, 0.1) is 6.92 Å². The van der Waals surface area contributed by atoms with Crippen LogP contribution in [0.1, 0.15) is 37.5 Å². The minimum Gasteiger partial charge on any atom is -0.494 e. The van der Waals surface area contributed by atoms with Crippen LogP contribution in [0.5, 0.6) is 5.75 Å². The lowest BCUT2D eigenvalue weighted by atomic mass is 10.1. The Bertz CT molecular complexity index is 710. The molecule has 1 heterocycles. The van der Waals surface area contributed by atoms with Crippen molar-refractivity contribution in [2.75, 3.05) is 19.7 Å². The topological polar surface area (TPSA) is 76.4 Å². The minimum atomic E-state index is 0.493. The summed E-state index contributed by atoms with van der Waals surface area (Å²) in [5.74, 6) is 3.45. The number of aryl methyl sites for hydroxylation is 1. The van der Waals surface area contributed by atoms with E-state index in [1.165, 1.54) is 5.56 Å². The number of ether oxygens (including phenoxy) is 1. The van der Waals surface area contributed by atoms with E-state index < -0.39 is 0 Å². The Balaban J connectivity index is 1.88. The maximum atomic E-state index is 5.69. The van der Waals surface area contributed by atoms with Gasteiger partial charge in [-0.25, -0.2) is 4.99 Å². The normalized spacial score (nSPS) is 11.5. The Hall–Kier alpha value is -2.57. The van der Waals surface area contributed by atoms with Crippen LogP contribution in [-0.2, 0) is 20.0 Å². The highest BCUT2D eigenvalue weighted by Gasteiger charge is 2.05. The van der Waals surface area contributed by atoms with E-state index in [0.29, 0.717) is 6.54 Å². The molecular weight excluding hydrogens is 328 g/mol. The maximum Gasteiger partial charge on any atom is 0.191 e. The Labute approximate surface area is 155 Å². The Kier molecular flexibility index (Phi) is 7.92. The molecule has 0 aliphatic rings. The molecule has 2 aromatic rings. The van der Waals surface area contributed by atoms with Gasteiger partial charge in [-0.2, -0.15) is 0 Å². The van der Waals surface area contributed by atoms with Crippen molar-refractivity contribution < 1.29 is 4.74 Å². The zero-order valence-corrected chi connectivity index (χ0v) is 16.2. The Morgan fingerprint density at radius 2 is 2.08 bits per heavy atom. The lowest BCUT2D eigenvalue weighted by Crippen LogP contribution is -2.38. The number of aromatic nitrogens is 3. The van der Waals surface area contributed by atoms with Gasteiger partial charge in [0.1, 0.15) is 18.1 Å². The highest BCUT2D eigenvalue weighted by atomic mass is 16.5. The predicted octanol–water partition coefficient (Wildman–Crippen LogP) is 2.21. The smallest absolute Gasteiger partial charge is 0.191 e. The summed E-state index contributed by atoms with van der Waals surface area (Å²) >= 11 is 0. The molecule has 0 spiro atoms. The van der Waals surface area contributed by atoms with E-state index in [1.54, 1.807) is 0 Å². The molecule has 0 atom stereocenters. The summed E-state index contributed by atoms with van der Waals surface area (Å²) in [7, 11) is 1.95. The van der Waals surface area contributed by atoms with Gasteiger partial charge < -0.3 is 19.9 Å². The molecule has 0 unspecified atom stereocenters. The van der Waals surface area contributed by atoms with E-state index in [-0.39, 0.29) is 0 Å². The first-order valence-corrected chi connectivity index (χ1v) is 9.22. The van der Waals surface area contributed by atoms with Crippen LogP contribution in [0.25, 0.3) is 0 Å². The average Bonchev–Trinajstić information content (AvgIpc) is 2.97. The van der Waals surface area contributed by atoms with Crippen LogP contribution in [0.3, 0.4) is 0 Å². The van der Waals surface area contributed by atoms with Crippen LogP contribution in [0.4, 0.5) is 0 Å². The number of hydrogen-bond acceptors (Lipinski definition) is 4. The Morgan fingerprint density at radius 1 is 1.23 bits per heavy atom. The van der Waals surface area contributed by atoms with Crippen molar-refractivity contribution in [3.63, 3.8) is 0 Å². The molecule has 2 N–H and O–H groups in total. The third-order valence-corrected chi connectivity index (χ3v) is 3.98. The molecule has 0 amide bonds. The fourth-order valence-corrected chi connectivity index (χ4v) is 2.42. The fraction of sp³-hybridized carbons (Fsp3) is 0.526. The zero-order chi connectivity index (χ0) is 18.8. The van der Waals surface area contributed by atoms with E-state index >= 15 is 0 Å². The van der Waals surface area contributed by atoms with Gasteiger partial charge >= 0.3 is 0 Å². The summed E-state index contributed by atoms with van der Waals surface area (Å²) in [5, 5.41) is 14.8. The summed E-state index contributed by atoms with van der Waals surface area (Å²) in [6.45, 7) is 8.94. The van der Waals surface area contributed by atoms with Gasteiger partial charge in [-0.1, -0.05) is 19.1 Å². The first-order chi connectivity index (χ1) is 12.6. The molecule has 0 fully saturated rings. The fourth-order valence-electron chi connectivity index (χ4n) is 2.42. The summed E-state index contributed by atoms with van der Waals surface area (Å²) < 4.78 is 7.64. The SMILES string of the molecule is CCCOc1cccc(CCNC(=NCc2nnc(C)n2C)NCC)c1. The van der Waals surface area contributed by atoms with Crippen LogP contribution in [0.2, 0.25) is 0 Å². The van der Waals surface area contributed by atoms with Crippen molar-refractivity contribution >= 4 is 5.96 Å². The lowest BCUT2D eigenvalue weighted by molar-refractivity contribution is 0.317. The number of benzene rings is 1. The van der Waals surface area contributed by atoms with E-state index in [2.05, 4.69) is 51.8 Å². The van der Waals surface area contributed by atoms with E-state index in [1.807, 2.05) is 30.7 Å². The van der Waals surface area contributed by atoms with Gasteiger partial charge in [-0.3, -0.25) is 0 Å². The molecule has 0 saturated carbocycles. The van der Waals surface area contributed by atoms with E-state index in [0.717, 1.165) is 55.9 Å². The molecule has 1 aromatic carbocycles. The highest BCUT2D eigenvalue weighted by Crippen LogP contribution is 2.13. The first kappa shape index (κ1) is 19.8. The van der Waals surface area contributed by atoms with Crippen molar-refractivity contribution in [1.29, 1.82) is 0 Å². The number of guanidine groups is 1. The van der Waals surface area contributed by atoms with Gasteiger partial charge in [0.25, 0.3) is 0 Å². The Morgan fingerprint density at radius 3 is 2.77 bits per heavy atom. The van der Waals surface area contributed by atoms with Crippen molar-refractivity contribution in [1.82, 2.24) is 25.4 Å². The molecule has 1 aromatic heterocycles. The van der Waals surface area contributed by atoms with Gasteiger partial charge in [0, 0.05) is 20.1 Å². The van der Waals surface area contributed by atoms with Gasteiger partial charge in [-0.15, -0.1) is 10.2 Å². The first-order valence-electron chi connectivity index (χ1n) is 9.22.